The summed E-state index contributed by atoms with van der Waals surface area (Å²) in [5.41, 5.74) is 1.79. The van der Waals surface area contributed by atoms with Gasteiger partial charge in [0.05, 0.1) is 18.6 Å². The standard InChI is InChI=1S/C15H15NO2/c1-10-6-7-13(15(18)14(17)8-9-16)12-5-3-2-4-11(10)12/h2-7,14-15,17-18H,8H2,1H3. The van der Waals surface area contributed by atoms with E-state index >= 15 is 0 Å². The first kappa shape index (κ1) is 12.6. The zero-order valence-corrected chi connectivity index (χ0v) is 10.2. The Morgan fingerprint density at radius 1 is 1.11 bits per heavy atom. The topological polar surface area (TPSA) is 64.2 Å². The van der Waals surface area contributed by atoms with Crippen LogP contribution < -0.4 is 0 Å². The minimum absolute atomic E-state index is 0.0800. The molecule has 2 unspecified atom stereocenters. The van der Waals surface area contributed by atoms with Crippen LogP contribution in [0.1, 0.15) is 23.7 Å². The number of aliphatic hydroxyl groups excluding tert-OH is 2. The first-order chi connectivity index (χ1) is 8.65. The number of aliphatic hydroxyl groups is 2. The smallest absolute Gasteiger partial charge is 0.106 e. The summed E-state index contributed by atoms with van der Waals surface area (Å²) in [4.78, 5) is 0. The van der Waals surface area contributed by atoms with Crippen LogP contribution in [0.5, 0.6) is 0 Å². The van der Waals surface area contributed by atoms with Gasteiger partial charge in [0.15, 0.2) is 0 Å². The third kappa shape index (κ3) is 2.21. The van der Waals surface area contributed by atoms with Crippen molar-refractivity contribution in [2.24, 2.45) is 0 Å². The zero-order chi connectivity index (χ0) is 13.1. The zero-order valence-electron chi connectivity index (χ0n) is 10.2. The second kappa shape index (κ2) is 5.18. The molecule has 0 aliphatic carbocycles. The minimum Gasteiger partial charge on any atom is -0.389 e. The molecule has 0 bridgehead atoms. The Morgan fingerprint density at radius 3 is 2.44 bits per heavy atom. The van der Waals surface area contributed by atoms with Crippen LogP contribution in [0.25, 0.3) is 10.8 Å². The van der Waals surface area contributed by atoms with Crippen molar-refractivity contribution in [1.29, 1.82) is 5.26 Å². The van der Waals surface area contributed by atoms with Crippen molar-refractivity contribution in [3.8, 4) is 6.07 Å². The third-order valence-corrected chi connectivity index (χ3v) is 3.16. The van der Waals surface area contributed by atoms with Gasteiger partial charge in [-0.1, -0.05) is 36.4 Å². The third-order valence-electron chi connectivity index (χ3n) is 3.16. The maximum atomic E-state index is 10.1. The molecule has 3 heteroatoms. The molecule has 0 radical (unpaired) electrons. The Hall–Kier alpha value is -1.89. The molecule has 2 N–H and O–H groups in total. The van der Waals surface area contributed by atoms with Crippen LogP contribution in [0.2, 0.25) is 0 Å². The Balaban J connectivity index is 2.52. The van der Waals surface area contributed by atoms with E-state index in [0.717, 1.165) is 16.3 Å². The van der Waals surface area contributed by atoms with Crippen LogP contribution in [0.3, 0.4) is 0 Å². The van der Waals surface area contributed by atoms with Crippen molar-refractivity contribution in [3.63, 3.8) is 0 Å². The van der Waals surface area contributed by atoms with Gasteiger partial charge in [0.1, 0.15) is 6.10 Å². The molecule has 0 aliphatic heterocycles. The summed E-state index contributed by atoms with van der Waals surface area (Å²) in [5, 5.41) is 30.4. The number of nitriles is 1. The summed E-state index contributed by atoms with van der Waals surface area (Å²) >= 11 is 0. The summed E-state index contributed by atoms with van der Waals surface area (Å²) in [7, 11) is 0. The monoisotopic (exact) mass is 241 g/mol. The lowest BCUT2D eigenvalue weighted by Crippen LogP contribution is -2.17. The van der Waals surface area contributed by atoms with Crippen molar-refractivity contribution < 1.29 is 10.2 Å². The molecule has 0 saturated heterocycles. The molecule has 0 spiro atoms. The van der Waals surface area contributed by atoms with E-state index in [1.807, 2.05) is 49.4 Å². The van der Waals surface area contributed by atoms with E-state index in [0.29, 0.717) is 5.56 Å². The molecular formula is C15H15NO2. The van der Waals surface area contributed by atoms with Crippen molar-refractivity contribution in [2.75, 3.05) is 0 Å². The van der Waals surface area contributed by atoms with Gasteiger partial charge in [0.2, 0.25) is 0 Å². The molecule has 2 rings (SSSR count). The van der Waals surface area contributed by atoms with Crippen LogP contribution in [0.15, 0.2) is 36.4 Å². The van der Waals surface area contributed by atoms with E-state index < -0.39 is 12.2 Å². The molecule has 0 fully saturated rings. The van der Waals surface area contributed by atoms with Crippen molar-refractivity contribution in [3.05, 3.63) is 47.5 Å². The van der Waals surface area contributed by atoms with E-state index in [1.165, 1.54) is 0 Å². The SMILES string of the molecule is Cc1ccc(C(O)C(O)CC#N)c2ccccc12. The maximum Gasteiger partial charge on any atom is 0.106 e. The largest absolute Gasteiger partial charge is 0.389 e. The van der Waals surface area contributed by atoms with E-state index in [4.69, 9.17) is 5.26 Å². The average Bonchev–Trinajstić information content (AvgIpc) is 2.39. The number of hydrogen-bond acceptors (Lipinski definition) is 3. The lowest BCUT2D eigenvalue weighted by atomic mass is 9.94. The molecule has 0 aromatic heterocycles. The molecule has 2 aromatic rings. The summed E-state index contributed by atoms with van der Waals surface area (Å²) in [6, 6.07) is 13.3. The van der Waals surface area contributed by atoms with E-state index in [1.54, 1.807) is 0 Å². The molecule has 0 aliphatic rings. The molecule has 0 saturated carbocycles. The summed E-state index contributed by atoms with van der Waals surface area (Å²) in [6.45, 7) is 2.00. The highest BCUT2D eigenvalue weighted by Gasteiger charge is 2.20. The summed E-state index contributed by atoms with van der Waals surface area (Å²) in [5.74, 6) is 0. The summed E-state index contributed by atoms with van der Waals surface area (Å²) in [6.07, 6.45) is -2.17. The average molecular weight is 241 g/mol. The number of fused-ring (bicyclic) bond motifs is 1. The number of benzene rings is 2. The van der Waals surface area contributed by atoms with Gasteiger partial charge in [-0.25, -0.2) is 0 Å². The van der Waals surface area contributed by atoms with E-state index in [9.17, 15) is 10.2 Å². The molecular weight excluding hydrogens is 226 g/mol. The van der Waals surface area contributed by atoms with Gasteiger partial charge in [-0.05, 0) is 28.8 Å². The number of rotatable bonds is 3. The van der Waals surface area contributed by atoms with Crippen LogP contribution in [-0.4, -0.2) is 16.3 Å². The second-order valence-corrected chi connectivity index (χ2v) is 4.39. The Morgan fingerprint density at radius 2 is 1.78 bits per heavy atom. The predicted molar refractivity (Wildman–Crippen MR) is 69.9 cm³/mol. The van der Waals surface area contributed by atoms with Crippen molar-refractivity contribution in [1.82, 2.24) is 0 Å². The van der Waals surface area contributed by atoms with Crippen LogP contribution in [-0.2, 0) is 0 Å². The van der Waals surface area contributed by atoms with E-state index in [2.05, 4.69) is 0 Å². The maximum absolute atomic E-state index is 10.1. The Labute approximate surface area is 106 Å². The second-order valence-electron chi connectivity index (χ2n) is 4.39. The quantitative estimate of drug-likeness (QED) is 0.867. The van der Waals surface area contributed by atoms with Gasteiger partial charge in [0, 0.05) is 0 Å². The molecule has 2 atom stereocenters. The first-order valence-electron chi connectivity index (χ1n) is 5.86. The molecule has 3 nitrogen and oxygen atoms in total. The number of hydrogen-bond donors (Lipinski definition) is 2. The van der Waals surface area contributed by atoms with Crippen molar-refractivity contribution in [2.45, 2.75) is 25.6 Å². The molecule has 92 valence electrons. The lowest BCUT2D eigenvalue weighted by molar-refractivity contribution is 0.0225. The van der Waals surface area contributed by atoms with Gasteiger partial charge in [-0.3, -0.25) is 0 Å². The molecule has 0 heterocycles. The molecule has 18 heavy (non-hydrogen) atoms. The molecule has 2 aromatic carbocycles. The fourth-order valence-corrected chi connectivity index (χ4v) is 2.14. The van der Waals surface area contributed by atoms with Gasteiger partial charge >= 0.3 is 0 Å². The lowest BCUT2D eigenvalue weighted by Gasteiger charge is -2.18. The normalized spacial score (nSPS) is 14.1. The van der Waals surface area contributed by atoms with Crippen LogP contribution in [0.4, 0.5) is 0 Å². The highest BCUT2D eigenvalue weighted by molar-refractivity contribution is 5.88. The number of aryl methyl sites for hydroxylation is 1. The Bertz CT molecular complexity index is 601. The fraction of sp³-hybridized carbons (Fsp3) is 0.267. The highest BCUT2D eigenvalue weighted by Crippen LogP contribution is 2.29. The summed E-state index contributed by atoms with van der Waals surface area (Å²) < 4.78 is 0. The first-order valence-corrected chi connectivity index (χ1v) is 5.86. The Kier molecular flexibility index (Phi) is 3.61. The van der Waals surface area contributed by atoms with Crippen LogP contribution in [0, 0.1) is 18.3 Å². The highest BCUT2D eigenvalue weighted by atomic mass is 16.3. The van der Waals surface area contributed by atoms with E-state index in [-0.39, 0.29) is 6.42 Å². The number of nitrogens with zero attached hydrogens (tertiary/aromatic N) is 1. The van der Waals surface area contributed by atoms with Gasteiger partial charge in [-0.15, -0.1) is 0 Å². The van der Waals surface area contributed by atoms with Gasteiger partial charge < -0.3 is 10.2 Å². The van der Waals surface area contributed by atoms with Gasteiger partial charge in [0.25, 0.3) is 0 Å². The van der Waals surface area contributed by atoms with Crippen molar-refractivity contribution >= 4 is 10.8 Å². The predicted octanol–water partition coefficient (Wildman–Crippen LogP) is 2.46. The minimum atomic E-state index is -1.05. The fourth-order valence-electron chi connectivity index (χ4n) is 2.14. The van der Waals surface area contributed by atoms with Crippen LogP contribution >= 0.6 is 0 Å². The van der Waals surface area contributed by atoms with Gasteiger partial charge in [-0.2, -0.15) is 5.26 Å². The molecule has 0 amide bonds.